The van der Waals surface area contributed by atoms with E-state index in [4.69, 9.17) is 5.26 Å². The van der Waals surface area contributed by atoms with Crippen LogP contribution in [0.25, 0.3) is 6.08 Å². The number of aromatic hydroxyl groups is 1. The van der Waals surface area contributed by atoms with Crippen molar-refractivity contribution < 1.29 is 9.90 Å². The summed E-state index contributed by atoms with van der Waals surface area (Å²) in [7, 11) is 0. The van der Waals surface area contributed by atoms with Crippen LogP contribution in [0.15, 0.2) is 54.1 Å². The number of hydrogen-bond acceptors (Lipinski definition) is 3. The number of carbonyl (C=O) groups is 1. The van der Waals surface area contributed by atoms with Crippen molar-refractivity contribution in [3.63, 3.8) is 0 Å². The van der Waals surface area contributed by atoms with Crippen LogP contribution in [-0.4, -0.2) is 11.0 Å². The number of carbonyl (C=O) groups excluding carboxylic acids is 1. The van der Waals surface area contributed by atoms with Crippen LogP contribution in [0.4, 0.5) is 0 Å². The molecule has 2 N–H and O–H groups in total. The van der Waals surface area contributed by atoms with E-state index in [0.717, 1.165) is 11.1 Å². The first-order valence-corrected chi connectivity index (χ1v) is 6.83. The van der Waals surface area contributed by atoms with Gasteiger partial charge < -0.3 is 10.4 Å². The third-order valence-electron chi connectivity index (χ3n) is 3.14. The minimum Gasteiger partial charge on any atom is -0.508 e. The van der Waals surface area contributed by atoms with E-state index in [0.29, 0.717) is 12.1 Å². The Labute approximate surface area is 129 Å². The van der Waals surface area contributed by atoms with Crippen molar-refractivity contribution in [2.75, 3.05) is 0 Å². The minimum atomic E-state index is -0.420. The van der Waals surface area contributed by atoms with Gasteiger partial charge >= 0.3 is 0 Å². The second-order valence-electron chi connectivity index (χ2n) is 4.93. The molecule has 2 rings (SSSR count). The molecule has 0 aliphatic rings. The third-order valence-corrected chi connectivity index (χ3v) is 3.14. The van der Waals surface area contributed by atoms with Crippen LogP contribution >= 0.6 is 0 Å². The summed E-state index contributed by atoms with van der Waals surface area (Å²) in [6, 6.07) is 16.0. The van der Waals surface area contributed by atoms with Crippen LogP contribution in [0.3, 0.4) is 0 Å². The molecule has 0 saturated heterocycles. The lowest BCUT2D eigenvalue weighted by Gasteiger charge is -2.05. The topological polar surface area (TPSA) is 73.1 Å². The van der Waals surface area contributed by atoms with Crippen molar-refractivity contribution in [3.05, 3.63) is 70.8 Å². The van der Waals surface area contributed by atoms with E-state index < -0.39 is 5.91 Å². The lowest BCUT2D eigenvalue weighted by atomic mass is 10.1. The molecule has 4 heteroatoms. The molecule has 0 radical (unpaired) electrons. The summed E-state index contributed by atoms with van der Waals surface area (Å²) in [4.78, 5) is 12.0. The molecule has 0 bridgehead atoms. The van der Waals surface area contributed by atoms with Gasteiger partial charge in [0, 0.05) is 6.54 Å². The second-order valence-corrected chi connectivity index (χ2v) is 4.93. The van der Waals surface area contributed by atoms with E-state index in [9.17, 15) is 9.90 Å². The second kappa shape index (κ2) is 7.09. The molecular formula is C18H16N2O2. The Morgan fingerprint density at radius 3 is 2.41 bits per heavy atom. The lowest BCUT2D eigenvalue weighted by molar-refractivity contribution is -0.117. The van der Waals surface area contributed by atoms with Crippen LogP contribution < -0.4 is 5.32 Å². The monoisotopic (exact) mass is 292 g/mol. The van der Waals surface area contributed by atoms with Gasteiger partial charge in [0.05, 0.1) is 0 Å². The molecule has 0 aliphatic heterocycles. The number of aryl methyl sites for hydroxylation is 1. The van der Waals surface area contributed by atoms with E-state index in [1.54, 1.807) is 12.1 Å². The summed E-state index contributed by atoms with van der Waals surface area (Å²) < 4.78 is 0. The molecule has 0 spiro atoms. The Balaban J connectivity index is 2.04. The molecule has 0 aromatic heterocycles. The Kier molecular flexibility index (Phi) is 4.94. The highest BCUT2D eigenvalue weighted by Crippen LogP contribution is 2.13. The van der Waals surface area contributed by atoms with Crippen molar-refractivity contribution in [2.45, 2.75) is 13.5 Å². The fourth-order valence-corrected chi connectivity index (χ4v) is 1.87. The SMILES string of the molecule is Cc1ccc(CNC(=O)/C(C#N)=C/c2ccc(O)cc2)cc1. The molecule has 0 saturated carbocycles. The number of rotatable bonds is 4. The van der Waals surface area contributed by atoms with Crippen molar-refractivity contribution >= 4 is 12.0 Å². The zero-order valence-corrected chi connectivity index (χ0v) is 12.2. The van der Waals surface area contributed by atoms with Gasteiger partial charge in [-0.05, 0) is 36.3 Å². The Morgan fingerprint density at radius 2 is 1.82 bits per heavy atom. The maximum Gasteiger partial charge on any atom is 0.262 e. The number of benzene rings is 2. The summed E-state index contributed by atoms with van der Waals surface area (Å²) in [5.74, 6) is -0.282. The largest absolute Gasteiger partial charge is 0.508 e. The first-order valence-electron chi connectivity index (χ1n) is 6.83. The predicted molar refractivity (Wildman–Crippen MR) is 84.7 cm³/mol. The molecule has 1 amide bonds. The molecule has 22 heavy (non-hydrogen) atoms. The first-order chi connectivity index (χ1) is 10.6. The highest BCUT2D eigenvalue weighted by atomic mass is 16.3. The predicted octanol–water partition coefficient (Wildman–Crippen LogP) is 2.92. The molecule has 0 unspecified atom stereocenters. The highest BCUT2D eigenvalue weighted by molar-refractivity contribution is 6.01. The van der Waals surface area contributed by atoms with Gasteiger partial charge in [-0.2, -0.15) is 5.26 Å². The number of hydrogen-bond donors (Lipinski definition) is 2. The summed E-state index contributed by atoms with van der Waals surface area (Å²) in [5.41, 5.74) is 2.83. The summed E-state index contributed by atoms with van der Waals surface area (Å²) in [6.07, 6.45) is 1.49. The van der Waals surface area contributed by atoms with Crippen molar-refractivity contribution in [2.24, 2.45) is 0 Å². The quantitative estimate of drug-likeness (QED) is 0.672. The molecule has 110 valence electrons. The summed E-state index contributed by atoms with van der Waals surface area (Å²) in [6.45, 7) is 2.37. The van der Waals surface area contributed by atoms with Gasteiger partial charge in [0.2, 0.25) is 0 Å². The zero-order valence-electron chi connectivity index (χ0n) is 12.2. The Morgan fingerprint density at radius 1 is 1.18 bits per heavy atom. The number of phenols is 1. The Bertz CT molecular complexity index is 723. The Hall–Kier alpha value is -3.06. The van der Waals surface area contributed by atoms with Gasteiger partial charge in [0.1, 0.15) is 17.4 Å². The number of nitrogens with one attached hydrogen (secondary N) is 1. The summed E-state index contributed by atoms with van der Waals surface area (Å²) in [5, 5.41) is 21.1. The molecule has 2 aromatic rings. The van der Waals surface area contributed by atoms with Gasteiger partial charge in [-0.15, -0.1) is 0 Å². The zero-order chi connectivity index (χ0) is 15.9. The molecular weight excluding hydrogens is 276 g/mol. The van der Waals surface area contributed by atoms with E-state index in [1.165, 1.54) is 18.2 Å². The standard InChI is InChI=1S/C18H16N2O2/c1-13-2-4-15(5-3-13)12-20-18(22)16(11-19)10-14-6-8-17(21)9-7-14/h2-10,21H,12H2,1H3,(H,20,22)/b16-10+. The van der Waals surface area contributed by atoms with E-state index in [2.05, 4.69) is 5.32 Å². The van der Waals surface area contributed by atoms with Crippen LogP contribution in [0, 0.1) is 18.3 Å². The van der Waals surface area contributed by atoms with Gasteiger partial charge in [-0.3, -0.25) is 4.79 Å². The molecule has 4 nitrogen and oxygen atoms in total. The van der Waals surface area contributed by atoms with Crippen LogP contribution in [0.1, 0.15) is 16.7 Å². The van der Waals surface area contributed by atoms with Crippen LogP contribution in [0.2, 0.25) is 0 Å². The van der Waals surface area contributed by atoms with Crippen LogP contribution in [-0.2, 0) is 11.3 Å². The maximum absolute atomic E-state index is 12.0. The molecule has 0 aliphatic carbocycles. The smallest absolute Gasteiger partial charge is 0.262 e. The van der Waals surface area contributed by atoms with Crippen molar-refractivity contribution in [1.82, 2.24) is 5.32 Å². The summed E-state index contributed by atoms with van der Waals surface area (Å²) >= 11 is 0. The normalized spacial score (nSPS) is 10.8. The van der Waals surface area contributed by atoms with Crippen LogP contribution in [0.5, 0.6) is 5.75 Å². The molecule has 0 fully saturated rings. The van der Waals surface area contributed by atoms with Crippen molar-refractivity contribution in [1.29, 1.82) is 5.26 Å². The van der Waals surface area contributed by atoms with Gasteiger partial charge in [-0.25, -0.2) is 0 Å². The number of nitriles is 1. The van der Waals surface area contributed by atoms with E-state index in [-0.39, 0.29) is 11.3 Å². The molecule has 2 aromatic carbocycles. The number of nitrogens with zero attached hydrogens (tertiary/aromatic N) is 1. The van der Waals surface area contributed by atoms with Gasteiger partial charge in [0.25, 0.3) is 5.91 Å². The first kappa shape index (κ1) is 15.3. The molecule has 0 heterocycles. The number of phenolic OH excluding ortho intramolecular Hbond substituents is 1. The maximum atomic E-state index is 12.0. The average Bonchev–Trinajstić information content (AvgIpc) is 2.53. The minimum absolute atomic E-state index is 0.0257. The fourth-order valence-electron chi connectivity index (χ4n) is 1.87. The molecule has 0 atom stereocenters. The van der Waals surface area contributed by atoms with Gasteiger partial charge in [0.15, 0.2) is 0 Å². The lowest BCUT2D eigenvalue weighted by Crippen LogP contribution is -2.23. The van der Waals surface area contributed by atoms with Gasteiger partial charge in [-0.1, -0.05) is 42.0 Å². The fraction of sp³-hybridized carbons (Fsp3) is 0.111. The highest BCUT2D eigenvalue weighted by Gasteiger charge is 2.08. The average molecular weight is 292 g/mol. The number of amides is 1. The van der Waals surface area contributed by atoms with E-state index >= 15 is 0 Å². The third kappa shape index (κ3) is 4.22. The van der Waals surface area contributed by atoms with Crippen molar-refractivity contribution in [3.8, 4) is 11.8 Å². The van der Waals surface area contributed by atoms with E-state index in [1.807, 2.05) is 37.3 Å².